The second-order valence-corrected chi connectivity index (χ2v) is 2.18. The van der Waals surface area contributed by atoms with Crippen molar-refractivity contribution in [2.24, 2.45) is 5.73 Å². The summed E-state index contributed by atoms with van der Waals surface area (Å²) in [6, 6.07) is 0. The van der Waals surface area contributed by atoms with Crippen LogP contribution in [0.5, 0.6) is 0 Å². The van der Waals surface area contributed by atoms with Gasteiger partial charge >= 0.3 is 0 Å². The Balaban J connectivity index is 2.67. The molecule has 0 fully saturated rings. The van der Waals surface area contributed by atoms with Gasteiger partial charge in [0.2, 0.25) is 5.91 Å². The zero-order valence-electron chi connectivity index (χ0n) is 5.74. The highest BCUT2D eigenvalue weighted by atomic mass is 16.1. The number of rotatable bonds is 2. The molecule has 0 saturated heterocycles. The first-order chi connectivity index (χ1) is 4.68. The lowest BCUT2D eigenvalue weighted by molar-refractivity contribution is -0.118. The third kappa shape index (κ3) is 1.58. The average molecular weight is 139 g/mol. The molecule has 1 rings (SSSR count). The highest BCUT2D eigenvalue weighted by Crippen LogP contribution is 1.92. The van der Waals surface area contributed by atoms with Crippen LogP contribution in [0.15, 0.2) is 12.4 Å². The Morgan fingerprint density at radius 3 is 3.00 bits per heavy atom. The average Bonchev–Trinajstić information content (AvgIpc) is 2.13. The largest absolute Gasteiger partial charge is 0.368 e. The molecule has 1 amide bonds. The van der Waals surface area contributed by atoms with E-state index in [0.717, 1.165) is 5.56 Å². The zero-order valence-corrected chi connectivity index (χ0v) is 5.74. The van der Waals surface area contributed by atoms with Crippen molar-refractivity contribution in [2.45, 2.75) is 13.5 Å². The Labute approximate surface area is 58.6 Å². The SMILES string of the molecule is Cc1cnn(CC(N)=O)c1. The third-order valence-corrected chi connectivity index (χ3v) is 1.08. The van der Waals surface area contributed by atoms with Crippen LogP contribution in [0, 0.1) is 6.92 Å². The van der Waals surface area contributed by atoms with Gasteiger partial charge in [0.1, 0.15) is 6.54 Å². The predicted octanol–water partition coefficient (Wildman–Crippen LogP) is -0.323. The molecule has 10 heavy (non-hydrogen) atoms. The van der Waals surface area contributed by atoms with Crippen molar-refractivity contribution in [1.29, 1.82) is 0 Å². The van der Waals surface area contributed by atoms with Gasteiger partial charge in [-0.05, 0) is 12.5 Å². The summed E-state index contributed by atoms with van der Waals surface area (Å²) in [5, 5.41) is 3.87. The van der Waals surface area contributed by atoms with Gasteiger partial charge in [-0.15, -0.1) is 0 Å². The first kappa shape index (κ1) is 6.80. The summed E-state index contributed by atoms with van der Waals surface area (Å²) in [7, 11) is 0. The fourth-order valence-corrected chi connectivity index (χ4v) is 0.713. The van der Waals surface area contributed by atoms with Crippen LogP contribution >= 0.6 is 0 Å². The summed E-state index contributed by atoms with van der Waals surface area (Å²) >= 11 is 0. The van der Waals surface area contributed by atoms with Crippen molar-refractivity contribution in [1.82, 2.24) is 9.78 Å². The van der Waals surface area contributed by atoms with E-state index < -0.39 is 0 Å². The lowest BCUT2D eigenvalue weighted by Gasteiger charge is -1.93. The minimum Gasteiger partial charge on any atom is -0.368 e. The van der Waals surface area contributed by atoms with Crippen molar-refractivity contribution in [3.8, 4) is 0 Å². The number of nitrogens with zero attached hydrogens (tertiary/aromatic N) is 2. The number of hydrogen-bond acceptors (Lipinski definition) is 2. The van der Waals surface area contributed by atoms with Crippen molar-refractivity contribution in [3.63, 3.8) is 0 Å². The molecule has 0 bridgehead atoms. The summed E-state index contributed by atoms with van der Waals surface area (Å²) in [5.74, 6) is -0.372. The van der Waals surface area contributed by atoms with Crippen LogP contribution in [0.2, 0.25) is 0 Å². The fourth-order valence-electron chi connectivity index (χ4n) is 0.713. The molecule has 1 heterocycles. The van der Waals surface area contributed by atoms with E-state index in [1.807, 2.05) is 6.92 Å². The molecule has 0 radical (unpaired) electrons. The maximum absolute atomic E-state index is 10.3. The van der Waals surface area contributed by atoms with Gasteiger partial charge in [-0.2, -0.15) is 5.10 Å². The van der Waals surface area contributed by atoms with Gasteiger partial charge in [0.25, 0.3) is 0 Å². The van der Waals surface area contributed by atoms with Gasteiger partial charge in [-0.1, -0.05) is 0 Å². The van der Waals surface area contributed by atoms with Crippen LogP contribution in [0.1, 0.15) is 5.56 Å². The number of hydrogen-bond donors (Lipinski definition) is 1. The number of aryl methyl sites for hydroxylation is 1. The van der Waals surface area contributed by atoms with Crippen molar-refractivity contribution >= 4 is 5.91 Å². The van der Waals surface area contributed by atoms with E-state index in [2.05, 4.69) is 5.10 Å². The second kappa shape index (κ2) is 2.51. The number of nitrogens with two attached hydrogens (primary N) is 1. The molecular formula is C6H9N3O. The van der Waals surface area contributed by atoms with E-state index >= 15 is 0 Å². The summed E-state index contributed by atoms with van der Waals surface area (Å²) < 4.78 is 1.51. The molecule has 4 heteroatoms. The van der Waals surface area contributed by atoms with E-state index in [1.54, 1.807) is 12.4 Å². The predicted molar refractivity (Wildman–Crippen MR) is 36.2 cm³/mol. The van der Waals surface area contributed by atoms with Crippen LogP contribution in [-0.4, -0.2) is 15.7 Å². The van der Waals surface area contributed by atoms with Crippen molar-refractivity contribution in [2.75, 3.05) is 0 Å². The van der Waals surface area contributed by atoms with E-state index in [0.29, 0.717) is 0 Å². The minimum absolute atomic E-state index is 0.161. The monoisotopic (exact) mass is 139 g/mol. The molecule has 0 atom stereocenters. The highest BCUT2D eigenvalue weighted by molar-refractivity contribution is 5.73. The molecule has 0 aliphatic heterocycles. The number of carbonyl (C=O) groups excluding carboxylic acids is 1. The summed E-state index contributed by atoms with van der Waals surface area (Å²) in [6.07, 6.45) is 3.45. The van der Waals surface area contributed by atoms with Gasteiger partial charge in [-0.3, -0.25) is 9.48 Å². The Bertz CT molecular complexity index is 241. The molecule has 0 saturated carbocycles. The van der Waals surface area contributed by atoms with Crippen LogP contribution < -0.4 is 5.73 Å². The van der Waals surface area contributed by atoms with Gasteiger partial charge in [0.15, 0.2) is 0 Å². The molecular weight excluding hydrogens is 130 g/mol. The van der Waals surface area contributed by atoms with Crippen LogP contribution in [0.25, 0.3) is 0 Å². The lowest BCUT2D eigenvalue weighted by atomic mass is 10.4. The van der Waals surface area contributed by atoms with Crippen molar-refractivity contribution < 1.29 is 4.79 Å². The standard InChI is InChI=1S/C6H9N3O/c1-5-2-8-9(3-5)4-6(7)10/h2-3H,4H2,1H3,(H2,7,10). The molecule has 0 aliphatic carbocycles. The molecule has 54 valence electrons. The molecule has 0 aromatic carbocycles. The first-order valence-electron chi connectivity index (χ1n) is 2.96. The van der Waals surface area contributed by atoms with E-state index in [1.165, 1.54) is 4.68 Å². The highest BCUT2D eigenvalue weighted by Gasteiger charge is 1.96. The summed E-state index contributed by atoms with van der Waals surface area (Å²) in [6.45, 7) is 2.07. The van der Waals surface area contributed by atoms with E-state index in [9.17, 15) is 4.79 Å². The maximum atomic E-state index is 10.3. The number of carbonyl (C=O) groups is 1. The number of aromatic nitrogens is 2. The molecule has 2 N–H and O–H groups in total. The Morgan fingerprint density at radius 2 is 2.60 bits per heavy atom. The zero-order chi connectivity index (χ0) is 7.56. The van der Waals surface area contributed by atoms with Gasteiger partial charge < -0.3 is 5.73 Å². The van der Waals surface area contributed by atoms with E-state index in [-0.39, 0.29) is 12.5 Å². The number of primary amides is 1. The normalized spacial score (nSPS) is 9.70. The Kier molecular flexibility index (Phi) is 1.71. The molecule has 4 nitrogen and oxygen atoms in total. The molecule has 1 aromatic rings. The molecule has 0 spiro atoms. The minimum atomic E-state index is -0.372. The Morgan fingerprint density at radius 1 is 1.90 bits per heavy atom. The van der Waals surface area contributed by atoms with Gasteiger partial charge in [0, 0.05) is 6.20 Å². The summed E-state index contributed by atoms with van der Waals surface area (Å²) in [4.78, 5) is 10.3. The molecule has 0 unspecified atom stereocenters. The van der Waals surface area contributed by atoms with Crippen molar-refractivity contribution in [3.05, 3.63) is 18.0 Å². The van der Waals surface area contributed by atoms with Crippen LogP contribution in [0.4, 0.5) is 0 Å². The first-order valence-corrected chi connectivity index (χ1v) is 2.96. The smallest absolute Gasteiger partial charge is 0.239 e. The van der Waals surface area contributed by atoms with Gasteiger partial charge in [-0.25, -0.2) is 0 Å². The second-order valence-electron chi connectivity index (χ2n) is 2.18. The lowest BCUT2D eigenvalue weighted by Crippen LogP contribution is -2.18. The quantitative estimate of drug-likeness (QED) is 0.610. The summed E-state index contributed by atoms with van der Waals surface area (Å²) in [5.41, 5.74) is 5.96. The topological polar surface area (TPSA) is 60.9 Å². The van der Waals surface area contributed by atoms with Gasteiger partial charge in [0.05, 0.1) is 6.20 Å². The third-order valence-electron chi connectivity index (χ3n) is 1.08. The number of amides is 1. The molecule has 0 aliphatic rings. The van der Waals surface area contributed by atoms with Crippen LogP contribution in [-0.2, 0) is 11.3 Å². The fraction of sp³-hybridized carbons (Fsp3) is 0.333. The van der Waals surface area contributed by atoms with E-state index in [4.69, 9.17) is 5.73 Å². The van der Waals surface area contributed by atoms with Crippen LogP contribution in [0.3, 0.4) is 0 Å². The maximum Gasteiger partial charge on any atom is 0.239 e. The molecule has 1 aromatic heterocycles. The Hall–Kier alpha value is -1.32.